The topological polar surface area (TPSA) is 46.3 Å². The van der Waals surface area contributed by atoms with Crippen LogP contribution in [0.15, 0.2) is 18.2 Å². The molecular formula is C13H18ClFN2OS. The number of nitrogens with two attached hydrogens (primary N) is 1. The molecule has 0 aliphatic heterocycles. The molecule has 106 valence electrons. The van der Waals surface area contributed by atoms with Crippen LogP contribution in [0.1, 0.15) is 12.0 Å². The quantitative estimate of drug-likeness (QED) is 0.878. The molecule has 0 aromatic heterocycles. The van der Waals surface area contributed by atoms with Crippen molar-refractivity contribution >= 4 is 29.3 Å². The first-order valence-electron chi connectivity index (χ1n) is 5.89. The van der Waals surface area contributed by atoms with Gasteiger partial charge in [0.15, 0.2) is 0 Å². The molecule has 1 amide bonds. The van der Waals surface area contributed by atoms with Gasteiger partial charge in [0.1, 0.15) is 5.82 Å². The van der Waals surface area contributed by atoms with Gasteiger partial charge in [0, 0.05) is 18.6 Å². The zero-order valence-electron chi connectivity index (χ0n) is 11.0. The van der Waals surface area contributed by atoms with Crippen LogP contribution in [0, 0.1) is 5.82 Å². The van der Waals surface area contributed by atoms with E-state index in [-0.39, 0.29) is 11.7 Å². The van der Waals surface area contributed by atoms with Gasteiger partial charge in [-0.15, -0.1) is 0 Å². The third-order valence-corrected chi connectivity index (χ3v) is 3.74. The third kappa shape index (κ3) is 5.01. The van der Waals surface area contributed by atoms with Gasteiger partial charge < -0.3 is 10.6 Å². The molecule has 0 fully saturated rings. The fourth-order valence-electron chi connectivity index (χ4n) is 1.63. The summed E-state index contributed by atoms with van der Waals surface area (Å²) in [6.07, 6.45) is 2.61. The molecule has 0 heterocycles. The highest BCUT2D eigenvalue weighted by Gasteiger charge is 2.18. The average molecular weight is 305 g/mol. The zero-order valence-corrected chi connectivity index (χ0v) is 12.6. The number of thioether (sulfide) groups is 1. The number of likely N-dealkylation sites (N-methyl/N-ethyl adjacent to an activating group) is 1. The Kier molecular flexibility index (Phi) is 6.62. The molecular weight excluding hydrogens is 287 g/mol. The van der Waals surface area contributed by atoms with Crippen LogP contribution in [-0.2, 0) is 11.3 Å². The Morgan fingerprint density at radius 1 is 1.58 bits per heavy atom. The maximum Gasteiger partial charge on any atom is 0.239 e. The van der Waals surface area contributed by atoms with Gasteiger partial charge >= 0.3 is 0 Å². The lowest BCUT2D eigenvalue weighted by molar-refractivity contribution is -0.131. The van der Waals surface area contributed by atoms with E-state index < -0.39 is 6.04 Å². The van der Waals surface area contributed by atoms with Gasteiger partial charge in [-0.1, -0.05) is 17.7 Å². The van der Waals surface area contributed by atoms with Gasteiger partial charge in [-0.05, 0) is 36.1 Å². The molecule has 0 aliphatic rings. The molecule has 0 saturated heterocycles. The minimum absolute atomic E-state index is 0.130. The molecule has 1 unspecified atom stereocenters. The number of rotatable bonds is 6. The number of benzene rings is 1. The lowest BCUT2D eigenvalue weighted by Gasteiger charge is -2.21. The SMILES string of the molecule is CSCCC(N)C(=O)N(C)Cc1ccc(F)cc1Cl. The maximum absolute atomic E-state index is 12.9. The highest BCUT2D eigenvalue weighted by Crippen LogP contribution is 2.19. The van der Waals surface area contributed by atoms with Gasteiger partial charge in [0.2, 0.25) is 5.91 Å². The molecule has 0 saturated carbocycles. The molecule has 1 atom stereocenters. The predicted molar refractivity (Wildman–Crippen MR) is 78.9 cm³/mol. The summed E-state index contributed by atoms with van der Waals surface area (Å²) in [6, 6.07) is 3.64. The minimum Gasteiger partial charge on any atom is -0.340 e. The summed E-state index contributed by atoms with van der Waals surface area (Å²) in [7, 11) is 1.67. The molecule has 1 aromatic rings. The number of nitrogens with zero attached hydrogens (tertiary/aromatic N) is 1. The summed E-state index contributed by atoms with van der Waals surface area (Å²) in [5.41, 5.74) is 6.53. The standard InChI is InChI=1S/C13H18ClFN2OS/c1-17(13(18)12(16)5-6-19-2)8-9-3-4-10(15)7-11(9)14/h3-4,7,12H,5-6,8,16H2,1-2H3. The van der Waals surface area contributed by atoms with Crippen LogP contribution in [0.2, 0.25) is 5.02 Å². The highest BCUT2D eigenvalue weighted by atomic mass is 35.5. The number of carbonyl (C=O) groups excluding carboxylic acids is 1. The normalized spacial score (nSPS) is 12.3. The van der Waals surface area contributed by atoms with Crippen LogP contribution in [0.4, 0.5) is 4.39 Å². The summed E-state index contributed by atoms with van der Waals surface area (Å²) < 4.78 is 12.9. The van der Waals surface area contributed by atoms with E-state index in [4.69, 9.17) is 17.3 Å². The summed E-state index contributed by atoms with van der Waals surface area (Å²) in [4.78, 5) is 13.5. The number of amides is 1. The maximum atomic E-state index is 12.9. The van der Waals surface area contributed by atoms with Crippen LogP contribution in [0.25, 0.3) is 0 Å². The molecule has 3 nitrogen and oxygen atoms in total. The van der Waals surface area contributed by atoms with Gasteiger partial charge in [-0.2, -0.15) is 11.8 Å². The predicted octanol–water partition coefficient (Wildman–Crippen LogP) is 2.52. The van der Waals surface area contributed by atoms with Crippen molar-refractivity contribution in [2.24, 2.45) is 5.73 Å². The Hall–Kier alpha value is -0.780. The third-order valence-electron chi connectivity index (χ3n) is 2.75. The average Bonchev–Trinajstić information content (AvgIpc) is 2.38. The van der Waals surface area contributed by atoms with Crippen molar-refractivity contribution < 1.29 is 9.18 Å². The Balaban J connectivity index is 2.63. The molecule has 0 spiro atoms. The van der Waals surface area contributed by atoms with E-state index >= 15 is 0 Å². The zero-order chi connectivity index (χ0) is 14.4. The lowest BCUT2D eigenvalue weighted by Crippen LogP contribution is -2.41. The van der Waals surface area contributed by atoms with Crippen molar-refractivity contribution in [1.82, 2.24) is 4.90 Å². The van der Waals surface area contributed by atoms with Crippen LogP contribution >= 0.6 is 23.4 Å². The van der Waals surface area contributed by atoms with Crippen LogP contribution < -0.4 is 5.73 Å². The number of hydrogen-bond acceptors (Lipinski definition) is 3. The second-order valence-electron chi connectivity index (χ2n) is 4.32. The van der Waals surface area contributed by atoms with Gasteiger partial charge in [-0.25, -0.2) is 4.39 Å². The van der Waals surface area contributed by atoms with Crippen molar-refractivity contribution in [2.45, 2.75) is 19.0 Å². The van der Waals surface area contributed by atoms with Crippen LogP contribution in [-0.4, -0.2) is 35.9 Å². The summed E-state index contributed by atoms with van der Waals surface area (Å²) in [5.74, 6) is 0.326. The first kappa shape index (κ1) is 16.3. The molecule has 1 aromatic carbocycles. The molecule has 2 N–H and O–H groups in total. The van der Waals surface area contributed by atoms with E-state index in [1.807, 2.05) is 6.26 Å². The molecule has 1 rings (SSSR count). The Bertz CT molecular complexity index is 445. The number of hydrogen-bond donors (Lipinski definition) is 1. The van der Waals surface area contributed by atoms with Crippen molar-refractivity contribution in [3.8, 4) is 0 Å². The van der Waals surface area contributed by atoms with E-state index in [0.717, 1.165) is 5.75 Å². The first-order chi connectivity index (χ1) is 8.95. The van der Waals surface area contributed by atoms with Crippen molar-refractivity contribution in [3.05, 3.63) is 34.6 Å². The number of carbonyl (C=O) groups is 1. The van der Waals surface area contributed by atoms with Crippen molar-refractivity contribution in [2.75, 3.05) is 19.1 Å². The summed E-state index contributed by atoms with van der Waals surface area (Å²) >= 11 is 7.58. The summed E-state index contributed by atoms with van der Waals surface area (Å²) in [6.45, 7) is 0.324. The largest absolute Gasteiger partial charge is 0.340 e. The van der Waals surface area contributed by atoms with Gasteiger partial charge in [0.25, 0.3) is 0 Å². The molecule has 19 heavy (non-hydrogen) atoms. The monoisotopic (exact) mass is 304 g/mol. The first-order valence-corrected chi connectivity index (χ1v) is 7.66. The molecule has 0 radical (unpaired) electrons. The van der Waals surface area contributed by atoms with E-state index in [1.165, 1.54) is 17.0 Å². The second-order valence-corrected chi connectivity index (χ2v) is 5.71. The van der Waals surface area contributed by atoms with Crippen LogP contribution in [0.5, 0.6) is 0 Å². The van der Waals surface area contributed by atoms with E-state index in [9.17, 15) is 9.18 Å². The van der Waals surface area contributed by atoms with E-state index in [1.54, 1.807) is 24.9 Å². The minimum atomic E-state index is -0.503. The van der Waals surface area contributed by atoms with Crippen molar-refractivity contribution in [1.29, 1.82) is 0 Å². The second kappa shape index (κ2) is 7.72. The highest BCUT2D eigenvalue weighted by molar-refractivity contribution is 7.98. The van der Waals surface area contributed by atoms with Gasteiger partial charge in [0.05, 0.1) is 6.04 Å². The molecule has 6 heteroatoms. The summed E-state index contributed by atoms with van der Waals surface area (Å²) in [5, 5.41) is 0.317. The number of halogens is 2. The molecule has 0 bridgehead atoms. The van der Waals surface area contributed by atoms with Crippen LogP contribution in [0.3, 0.4) is 0 Å². The Labute approximate surface area is 122 Å². The molecule has 0 aliphatic carbocycles. The fourth-order valence-corrected chi connectivity index (χ4v) is 2.35. The Morgan fingerprint density at radius 2 is 2.26 bits per heavy atom. The lowest BCUT2D eigenvalue weighted by atomic mass is 10.1. The Morgan fingerprint density at radius 3 is 2.84 bits per heavy atom. The van der Waals surface area contributed by atoms with Crippen molar-refractivity contribution in [3.63, 3.8) is 0 Å². The van der Waals surface area contributed by atoms with E-state index in [2.05, 4.69) is 0 Å². The fraction of sp³-hybridized carbons (Fsp3) is 0.462. The smallest absolute Gasteiger partial charge is 0.239 e. The van der Waals surface area contributed by atoms with E-state index in [0.29, 0.717) is 23.6 Å². The van der Waals surface area contributed by atoms with Gasteiger partial charge in [-0.3, -0.25) is 4.79 Å².